The van der Waals surface area contributed by atoms with Gasteiger partial charge in [-0.15, -0.1) is 0 Å². The van der Waals surface area contributed by atoms with Crippen LogP contribution in [0, 0.1) is 0 Å². The molecule has 0 bridgehead atoms. The fraction of sp³-hybridized carbons (Fsp3) is 0.0732. The molecule has 44 heavy (non-hydrogen) atoms. The predicted octanol–water partition coefficient (Wildman–Crippen LogP) is 10.7. The lowest BCUT2D eigenvalue weighted by Crippen LogP contribution is -2.24. The van der Waals surface area contributed by atoms with Crippen LogP contribution in [0.5, 0.6) is 11.5 Å². The van der Waals surface area contributed by atoms with Crippen LogP contribution in [0.3, 0.4) is 0 Å². The van der Waals surface area contributed by atoms with Gasteiger partial charge in [0.1, 0.15) is 11.5 Å². The average molecular weight is 567 g/mol. The SMILES string of the molecule is CC1(C)c2ccccc2Oc2ccc(-c3ccc(-c4ccccc4-c4nc(-c5ccccc5)c5ccccc5n4)cc3)cc21. The van der Waals surface area contributed by atoms with E-state index in [-0.39, 0.29) is 5.41 Å². The van der Waals surface area contributed by atoms with Gasteiger partial charge in [0, 0.05) is 33.1 Å². The minimum atomic E-state index is -0.155. The first-order valence-corrected chi connectivity index (χ1v) is 15.0. The Kier molecular flexibility index (Phi) is 6.13. The monoisotopic (exact) mass is 566 g/mol. The van der Waals surface area contributed by atoms with Crippen molar-refractivity contribution >= 4 is 10.9 Å². The largest absolute Gasteiger partial charge is 0.457 e. The van der Waals surface area contributed by atoms with Crippen molar-refractivity contribution < 1.29 is 4.74 Å². The highest BCUT2D eigenvalue weighted by atomic mass is 16.5. The van der Waals surface area contributed by atoms with Gasteiger partial charge in [0.05, 0.1) is 11.2 Å². The number of fused-ring (bicyclic) bond motifs is 3. The van der Waals surface area contributed by atoms with Gasteiger partial charge in [0.2, 0.25) is 0 Å². The lowest BCUT2D eigenvalue weighted by molar-refractivity contribution is 0.418. The molecular weight excluding hydrogens is 536 g/mol. The quantitative estimate of drug-likeness (QED) is 0.213. The summed E-state index contributed by atoms with van der Waals surface area (Å²) in [5.74, 6) is 2.58. The van der Waals surface area contributed by atoms with Crippen LogP contribution in [-0.2, 0) is 5.41 Å². The highest BCUT2D eigenvalue weighted by molar-refractivity contribution is 5.94. The predicted molar refractivity (Wildman–Crippen MR) is 180 cm³/mol. The average Bonchev–Trinajstić information content (AvgIpc) is 3.08. The van der Waals surface area contributed by atoms with Gasteiger partial charge in [0.15, 0.2) is 5.82 Å². The number of nitrogens with zero attached hydrogens (tertiary/aromatic N) is 2. The molecule has 3 nitrogen and oxygen atoms in total. The number of ether oxygens (including phenoxy) is 1. The summed E-state index contributed by atoms with van der Waals surface area (Å²) >= 11 is 0. The van der Waals surface area contributed by atoms with Crippen LogP contribution in [-0.4, -0.2) is 9.97 Å². The molecule has 0 aliphatic carbocycles. The number of hydrogen-bond donors (Lipinski definition) is 0. The summed E-state index contributed by atoms with van der Waals surface area (Å²) in [5, 5.41) is 1.05. The fourth-order valence-corrected chi connectivity index (χ4v) is 6.41. The molecule has 0 unspecified atom stereocenters. The molecule has 2 heterocycles. The summed E-state index contributed by atoms with van der Waals surface area (Å²) in [4.78, 5) is 10.2. The summed E-state index contributed by atoms with van der Waals surface area (Å²) in [7, 11) is 0. The van der Waals surface area contributed by atoms with Crippen molar-refractivity contribution in [2.75, 3.05) is 0 Å². The molecule has 0 spiro atoms. The lowest BCUT2D eigenvalue weighted by atomic mass is 9.75. The van der Waals surface area contributed by atoms with E-state index in [2.05, 4.69) is 135 Å². The van der Waals surface area contributed by atoms with Gasteiger partial charge in [0.25, 0.3) is 0 Å². The van der Waals surface area contributed by atoms with Crippen LogP contribution in [0.25, 0.3) is 55.8 Å². The van der Waals surface area contributed by atoms with Gasteiger partial charge < -0.3 is 4.74 Å². The molecule has 8 rings (SSSR count). The standard InChI is InChI=1S/C41H30N2O/c1-41(2)34-17-9-11-19-37(34)44-38-25-24-30(26-35(38)41)27-20-22-28(23-21-27)31-14-6-7-15-32(31)40-42-36-18-10-8-16-33(36)39(43-40)29-12-4-3-5-13-29/h3-26H,1-2H3. The highest BCUT2D eigenvalue weighted by Crippen LogP contribution is 2.48. The molecule has 3 heteroatoms. The van der Waals surface area contributed by atoms with E-state index in [1.807, 2.05) is 24.3 Å². The second-order valence-electron chi connectivity index (χ2n) is 11.8. The fourth-order valence-electron chi connectivity index (χ4n) is 6.41. The molecule has 0 fully saturated rings. The van der Waals surface area contributed by atoms with E-state index in [4.69, 9.17) is 14.7 Å². The summed E-state index contributed by atoms with van der Waals surface area (Å²) in [5.41, 5.74) is 10.8. The summed E-state index contributed by atoms with van der Waals surface area (Å²) in [6, 6.07) is 50.7. The van der Waals surface area contributed by atoms with Crippen molar-refractivity contribution in [1.82, 2.24) is 9.97 Å². The van der Waals surface area contributed by atoms with Crippen LogP contribution in [0.1, 0.15) is 25.0 Å². The van der Waals surface area contributed by atoms with Gasteiger partial charge in [-0.05, 0) is 46.5 Å². The Morgan fingerprint density at radius 1 is 0.477 bits per heavy atom. The lowest BCUT2D eigenvalue weighted by Gasteiger charge is -2.34. The molecule has 6 aromatic carbocycles. The van der Waals surface area contributed by atoms with Crippen molar-refractivity contribution in [2.45, 2.75) is 19.3 Å². The van der Waals surface area contributed by atoms with Crippen molar-refractivity contribution in [3.8, 4) is 56.4 Å². The van der Waals surface area contributed by atoms with E-state index >= 15 is 0 Å². The number of aromatic nitrogens is 2. The summed E-state index contributed by atoms with van der Waals surface area (Å²) < 4.78 is 6.29. The van der Waals surface area contributed by atoms with Crippen molar-refractivity contribution in [2.24, 2.45) is 0 Å². The molecular formula is C41H30N2O. The van der Waals surface area contributed by atoms with Crippen LogP contribution in [0.2, 0.25) is 0 Å². The molecule has 1 aromatic heterocycles. The molecule has 1 aliphatic heterocycles. The van der Waals surface area contributed by atoms with Crippen molar-refractivity contribution in [1.29, 1.82) is 0 Å². The van der Waals surface area contributed by atoms with E-state index < -0.39 is 0 Å². The van der Waals surface area contributed by atoms with E-state index in [9.17, 15) is 0 Å². The van der Waals surface area contributed by atoms with Gasteiger partial charge >= 0.3 is 0 Å². The second-order valence-corrected chi connectivity index (χ2v) is 11.8. The van der Waals surface area contributed by atoms with Crippen LogP contribution in [0.15, 0.2) is 146 Å². The maximum absolute atomic E-state index is 6.29. The molecule has 0 radical (unpaired) electrons. The van der Waals surface area contributed by atoms with E-state index in [1.165, 1.54) is 16.7 Å². The molecule has 0 atom stereocenters. The molecule has 210 valence electrons. The normalized spacial score (nSPS) is 13.1. The van der Waals surface area contributed by atoms with Crippen LogP contribution in [0.4, 0.5) is 0 Å². The highest BCUT2D eigenvalue weighted by Gasteiger charge is 2.34. The van der Waals surface area contributed by atoms with Crippen LogP contribution >= 0.6 is 0 Å². The maximum atomic E-state index is 6.29. The molecule has 0 saturated carbocycles. The number of rotatable bonds is 4. The molecule has 0 N–H and O–H groups in total. The molecule has 1 aliphatic rings. The van der Waals surface area contributed by atoms with E-state index in [0.717, 1.165) is 61.7 Å². The zero-order valence-corrected chi connectivity index (χ0v) is 24.7. The zero-order valence-electron chi connectivity index (χ0n) is 24.7. The topological polar surface area (TPSA) is 35.0 Å². The maximum Gasteiger partial charge on any atom is 0.161 e. The Hall–Kier alpha value is -5.54. The Labute approximate surface area is 257 Å². The minimum Gasteiger partial charge on any atom is -0.457 e. The minimum absolute atomic E-state index is 0.155. The first-order valence-electron chi connectivity index (χ1n) is 15.0. The molecule has 0 amide bonds. The van der Waals surface area contributed by atoms with Crippen molar-refractivity contribution in [3.63, 3.8) is 0 Å². The second kappa shape index (κ2) is 10.3. The Morgan fingerprint density at radius 3 is 1.95 bits per heavy atom. The van der Waals surface area contributed by atoms with E-state index in [0.29, 0.717) is 0 Å². The van der Waals surface area contributed by atoms with Crippen LogP contribution < -0.4 is 4.74 Å². The third-order valence-electron chi connectivity index (χ3n) is 8.78. The summed E-state index contributed by atoms with van der Waals surface area (Å²) in [6.07, 6.45) is 0. The first-order chi connectivity index (χ1) is 21.6. The number of hydrogen-bond acceptors (Lipinski definition) is 3. The third-order valence-corrected chi connectivity index (χ3v) is 8.78. The summed E-state index contributed by atoms with van der Waals surface area (Å²) in [6.45, 7) is 4.55. The number of benzene rings is 6. The van der Waals surface area contributed by atoms with E-state index in [1.54, 1.807) is 0 Å². The van der Waals surface area contributed by atoms with Gasteiger partial charge in [-0.2, -0.15) is 0 Å². The van der Waals surface area contributed by atoms with Gasteiger partial charge in [-0.3, -0.25) is 0 Å². The Bertz CT molecular complexity index is 2160. The van der Waals surface area contributed by atoms with Gasteiger partial charge in [-0.25, -0.2) is 9.97 Å². The van der Waals surface area contributed by atoms with Crippen molar-refractivity contribution in [3.05, 3.63) is 157 Å². The Morgan fingerprint density at radius 2 is 1.11 bits per heavy atom. The number of para-hydroxylation sites is 2. The third kappa shape index (κ3) is 4.37. The molecule has 7 aromatic rings. The zero-order chi connectivity index (χ0) is 29.7. The Balaban J connectivity index is 1.18. The van der Waals surface area contributed by atoms with Gasteiger partial charge in [-0.1, -0.05) is 135 Å². The molecule has 0 saturated heterocycles. The smallest absolute Gasteiger partial charge is 0.161 e. The first kappa shape index (κ1) is 26.1.